The van der Waals surface area contributed by atoms with Crippen LogP contribution in [0.3, 0.4) is 0 Å². The lowest BCUT2D eigenvalue weighted by molar-refractivity contribution is -0.117. The molecular weight excluding hydrogens is 260 g/mol. The van der Waals surface area contributed by atoms with Crippen molar-refractivity contribution in [3.63, 3.8) is 0 Å². The standard InChI is InChI=1S/C13H18N4OS/c14-17-10-6-9(10)12(18)16-13-15-7-11(19-13)8-4-2-1-3-5-8/h7-10,14H,1-6H2,(H,15,16,18)/t9-,10+/m1/s1. The topological polar surface area (TPSA) is 78.2 Å². The molecule has 0 aliphatic heterocycles. The zero-order valence-electron chi connectivity index (χ0n) is 10.8. The van der Waals surface area contributed by atoms with E-state index in [-0.39, 0.29) is 17.9 Å². The van der Waals surface area contributed by atoms with Crippen LogP contribution < -0.4 is 5.32 Å². The van der Waals surface area contributed by atoms with Crippen LogP contribution in [-0.4, -0.2) is 16.9 Å². The Morgan fingerprint density at radius 1 is 1.42 bits per heavy atom. The second-order valence-corrected chi connectivity index (χ2v) is 6.49. The van der Waals surface area contributed by atoms with Gasteiger partial charge in [-0.2, -0.15) is 5.11 Å². The third-order valence-corrected chi connectivity index (χ3v) is 5.10. The molecule has 0 spiro atoms. The highest BCUT2D eigenvalue weighted by molar-refractivity contribution is 7.15. The Morgan fingerprint density at radius 3 is 2.89 bits per heavy atom. The van der Waals surface area contributed by atoms with E-state index in [0.717, 1.165) is 0 Å². The number of aromatic nitrogens is 1. The van der Waals surface area contributed by atoms with Gasteiger partial charge >= 0.3 is 0 Å². The molecular formula is C13H18N4OS. The monoisotopic (exact) mass is 278 g/mol. The molecule has 0 radical (unpaired) electrons. The van der Waals surface area contributed by atoms with Crippen molar-refractivity contribution in [2.75, 3.05) is 5.32 Å². The van der Waals surface area contributed by atoms with Crippen LogP contribution in [0.1, 0.15) is 49.3 Å². The highest BCUT2D eigenvalue weighted by atomic mass is 32.1. The van der Waals surface area contributed by atoms with Crippen LogP contribution in [0.15, 0.2) is 11.3 Å². The molecule has 0 unspecified atom stereocenters. The molecule has 3 rings (SSSR count). The Hall–Kier alpha value is -1.30. The number of hydrogen-bond donors (Lipinski definition) is 2. The van der Waals surface area contributed by atoms with Crippen LogP contribution in [0.2, 0.25) is 0 Å². The summed E-state index contributed by atoms with van der Waals surface area (Å²) in [5, 5.41) is 6.94. The maximum Gasteiger partial charge on any atom is 0.231 e. The largest absolute Gasteiger partial charge is 0.302 e. The van der Waals surface area contributed by atoms with Gasteiger partial charge in [0.25, 0.3) is 0 Å². The molecule has 102 valence electrons. The van der Waals surface area contributed by atoms with Gasteiger partial charge in [-0.1, -0.05) is 19.3 Å². The highest BCUT2D eigenvalue weighted by Gasteiger charge is 2.43. The number of anilines is 1. The molecule has 1 amide bonds. The van der Waals surface area contributed by atoms with Crippen LogP contribution in [0.25, 0.3) is 0 Å². The minimum absolute atomic E-state index is 0.0365. The van der Waals surface area contributed by atoms with Gasteiger partial charge in [-0.3, -0.25) is 4.79 Å². The summed E-state index contributed by atoms with van der Waals surface area (Å²) in [7, 11) is 0. The lowest BCUT2D eigenvalue weighted by Gasteiger charge is -2.19. The first-order valence-electron chi connectivity index (χ1n) is 6.91. The van der Waals surface area contributed by atoms with E-state index in [4.69, 9.17) is 5.53 Å². The Morgan fingerprint density at radius 2 is 2.21 bits per heavy atom. The lowest BCUT2D eigenvalue weighted by Crippen LogP contribution is -2.15. The van der Waals surface area contributed by atoms with E-state index in [1.807, 2.05) is 6.20 Å². The van der Waals surface area contributed by atoms with E-state index in [1.54, 1.807) is 11.3 Å². The molecule has 0 saturated heterocycles. The fraction of sp³-hybridized carbons (Fsp3) is 0.692. The summed E-state index contributed by atoms with van der Waals surface area (Å²) in [6, 6.07) is -0.0993. The van der Waals surface area contributed by atoms with Crippen molar-refractivity contribution < 1.29 is 4.79 Å². The zero-order valence-corrected chi connectivity index (χ0v) is 11.6. The number of rotatable bonds is 4. The van der Waals surface area contributed by atoms with Crippen molar-refractivity contribution in [2.24, 2.45) is 11.0 Å². The Labute approximate surface area is 116 Å². The number of nitrogens with zero attached hydrogens (tertiary/aromatic N) is 2. The molecule has 2 N–H and O–H groups in total. The second-order valence-electron chi connectivity index (χ2n) is 5.43. The molecule has 1 heterocycles. The molecule has 2 aliphatic rings. The SMILES string of the molecule is N=N[C@H]1C[C@H]1C(=O)Nc1ncc(C2CCCCC2)s1. The Balaban J connectivity index is 1.58. The molecule has 2 aliphatic carbocycles. The van der Waals surface area contributed by atoms with Gasteiger partial charge < -0.3 is 5.32 Å². The van der Waals surface area contributed by atoms with Crippen molar-refractivity contribution >= 4 is 22.4 Å². The van der Waals surface area contributed by atoms with E-state index in [1.165, 1.54) is 37.0 Å². The van der Waals surface area contributed by atoms with Crippen LogP contribution in [0.5, 0.6) is 0 Å². The van der Waals surface area contributed by atoms with Crippen LogP contribution in [-0.2, 0) is 4.79 Å². The molecule has 1 aromatic heterocycles. The summed E-state index contributed by atoms with van der Waals surface area (Å²) >= 11 is 1.60. The van der Waals surface area contributed by atoms with E-state index in [0.29, 0.717) is 17.5 Å². The quantitative estimate of drug-likeness (QED) is 0.826. The zero-order chi connectivity index (χ0) is 13.2. The number of carbonyl (C=O) groups is 1. The number of hydrogen-bond acceptors (Lipinski definition) is 5. The van der Waals surface area contributed by atoms with E-state index < -0.39 is 0 Å². The van der Waals surface area contributed by atoms with Crippen LogP contribution in [0.4, 0.5) is 5.13 Å². The number of thiazole rings is 1. The van der Waals surface area contributed by atoms with Gasteiger partial charge in [0.2, 0.25) is 5.91 Å². The number of amides is 1. The molecule has 0 bridgehead atoms. The van der Waals surface area contributed by atoms with Crippen LogP contribution >= 0.6 is 11.3 Å². The number of nitrogens with one attached hydrogen (secondary N) is 2. The summed E-state index contributed by atoms with van der Waals surface area (Å²) < 4.78 is 0. The summed E-state index contributed by atoms with van der Waals surface area (Å²) in [6.45, 7) is 0. The molecule has 2 atom stereocenters. The fourth-order valence-electron chi connectivity index (χ4n) is 2.72. The molecule has 5 nitrogen and oxygen atoms in total. The lowest BCUT2D eigenvalue weighted by atomic mass is 9.89. The predicted molar refractivity (Wildman–Crippen MR) is 73.6 cm³/mol. The predicted octanol–water partition coefficient (Wildman–Crippen LogP) is 3.55. The summed E-state index contributed by atoms with van der Waals surface area (Å²) in [5.41, 5.74) is 6.89. The van der Waals surface area contributed by atoms with Gasteiger partial charge in [-0.25, -0.2) is 10.5 Å². The normalized spacial score (nSPS) is 26.9. The smallest absolute Gasteiger partial charge is 0.231 e. The fourth-order valence-corrected chi connectivity index (χ4v) is 3.71. The van der Waals surface area contributed by atoms with Gasteiger partial charge in [0.05, 0.1) is 12.0 Å². The van der Waals surface area contributed by atoms with Gasteiger partial charge in [0.15, 0.2) is 5.13 Å². The molecule has 0 aromatic carbocycles. The third-order valence-electron chi connectivity index (χ3n) is 4.02. The van der Waals surface area contributed by atoms with Crippen molar-refractivity contribution in [1.82, 2.24) is 4.98 Å². The highest BCUT2D eigenvalue weighted by Crippen LogP contribution is 2.38. The number of carbonyl (C=O) groups excluding carboxylic acids is 1. The van der Waals surface area contributed by atoms with Gasteiger partial charge in [-0.05, 0) is 25.2 Å². The third kappa shape index (κ3) is 2.83. The van der Waals surface area contributed by atoms with E-state index in [2.05, 4.69) is 15.4 Å². The van der Waals surface area contributed by atoms with E-state index >= 15 is 0 Å². The average molecular weight is 278 g/mol. The molecule has 19 heavy (non-hydrogen) atoms. The maximum absolute atomic E-state index is 11.8. The first-order chi connectivity index (χ1) is 9.28. The molecule has 6 heteroatoms. The van der Waals surface area contributed by atoms with Crippen molar-refractivity contribution in [2.45, 2.75) is 50.5 Å². The first kappa shape index (κ1) is 12.7. The minimum Gasteiger partial charge on any atom is -0.302 e. The van der Waals surface area contributed by atoms with Gasteiger partial charge in [0.1, 0.15) is 0 Å². The maximum atomic E-state index is 11.8. The van der Waals surface area contributed by atoms with Crippen molar-refractivity contribution in [3.05, 3.63) is 11.1 Å². The summed E-state index contributed by atoms with van der Waals surface area (Å²) in [4.78, 5) is 17.4. The summed E-state index contributed by atoms with van der Waals surface area (Å²) in [6.07, 6.45) is 9.07. The Bertz CT molecular complexity index is 481. The van der Waals surface area contributed by atoms with E-state index in [9.17, 15) is 4.79 Å². The van der Waals surface area contributed by atoms with Crippen LogP contribution in [0, 0.1) is 11.4 Å². The first-order valence-corrected chi connectivity index (χ1v) is 7.72. The molecule has 1 aromatic rings. The second kappa shape index (κ2) is 5.36. The van der Waals surface area contributed by atoms with Gasteiger partial charge in [-0.15, -0.1) is 11.3 Å². The average Bonchev–Trinajstić information content (AvgIpc) is 3.11. The molecule has 2 saturated carbocycles. The minimum atomic E-state index is -0.112. The van der Waals surface area contributed by atoms with Gasteiger partial charge in [0, 0.05) is 11.1 Å². The Kier molecular flexibility index (Phi) is 3.59. The molecule has 2 fully saturated rings. The summed E-state index contributed by atoms with van der Waals surface area (Å²) in [5.74, 6) is 0.485. The van der Waals surface area contributed by atoms with Crippen molar-refractivity contribution in [3.8, 4) is 0 Å². The van der Waals surface area contributed by atoms with Crippen molar-refractivity contribution in [1.29, 1.82) is 5.53 Å².